The van der Waals surface area contributed by atoms with Gasteiger partial charge in [-0.1, -0.05) is 24.3 Å². The monoisotopic (exact) mass is 522 g/mol. The van der Waals surface area contributed by atoms with Crippen LogP contribution in [-0.4, -0.2) is 46.6 Å². The number of carboxylic acids is 1. The van der Waals surface area contributed by atoms with Gasteiger partial charge in [-0.25, -0.2) is 9.78 Å². The van der Waals surface area contributed by atoms with E-state index in [-0.39, 0.29) is 17.2 Å². The number of carbonyl (C=O) groups is 1. The molecule has 2 aromatic heterocycles. The highest BCUT2D eigenvalue weighted by atomic mass is 16.4. The Labute approximate surface area is 226 Å². The number of piperazine rings is 1. The van der Waals surface area contributed by atoms with Gasteiger partial charge in [-0.3, -0.25) is 9.20 Å². The molecule has 1 aliphatic heterocycles. The molecular formula is C30H30N6O3. The molecule has 0 saturated carbocycles. The number of para-hydroxylation sites is 2. The van der Waals surface area contributed by atoms with Crippen molar-refractivity contribution in [2.45, 2.75) is 26.8 Å². The average molecular weight is 523 g/mol. The molecule has 2 N–H and O–H groups in total. The lowest BCUT2D eigenvalue weighted by atomic mass is 10.1. The normalized spacial score (nSPS) is 14.2. The van der Waals surface area contributed by atoms with Crippen molar-refractivity contribution in [2.24, 2.45) is 0 Å². The van der Waals surface area contributed by atoms with E-state index >= 15 is 0 Å². The second kappa shape index (κ2) is 10.5. The molecule has 5 rings (SSSR count). The minimum Gasteiger partial charge on any atom is -0.478 e. The molecule has 39 heavy (non-hydrogen) atoms. The van der Waals surface area contributed by atoms with Gasteiger partial charge in [0.2, 0.25) is 0 Å². The van der Waals surface area contributed by atoms with Crippen molar-refractivity contribution < 1.29 is 9.90 Å². The van der Waals surface area contributed by atoms with Crippen LogP contribution in [0.3, 0.4) is 0 Å². The number of hydrogen-bond acceptors (Lipinski definition) is 7. The fraction of sp³-hybridized carbons (Fsp3) is 0.267. The molecule has 3 heterocycles. The predicted octanol–water partition coefficient (Wildman–Crippen LogP) is 4.38. The van der Waals surface area contributed by atoms with Crippen LogP contribution in [0, 0.1) is 25.2 Å². The van der Waals surface area contributed by atoms with Crippen LogP contribution in [0.15, 0.2) is 65.6 Å². The number of hydrogen-bond donors (Lipinski definition) is 2. The molecule has 2 aromatic carbocycles. The number of nitrogens with zero attached hydrogens (tertiary/aromatic N) is 5. The minimum absolute atomic E-state index is 0.129. The Bertz CT molecular complexity index is 1660. The van der Waals surface area contributed by atoms with E-state index in [1.54, 1.807) is 41.8 Å². The van der Waals surface area contributed by atoms with Gasteiger partial charge in [0, 0.05) is 43.6 Å². The van der Waals surface area contributed by atoms with E-state index in [1.165, 1.54) is 0 Å². The van der Waals surface area contributed by atoms with Crippen molar-refractivity contribution in [2.75, 3.05) is 41.3 Å². The van der Waals surface area contributed by atoms with E-state index < -0.39 is 5.97 Å². The summed E-state index contributed by atoms with van der Waals surface area (Å²) in [5, 5.41) is 22.4. The van der Waals surface area contributed by atoms with Gasteiger partial charge >= 0.3 is 5.97 Å². The van der Waals surface area contributed by atoms with Crippen molar-refractivity contribution in [3.63, 3.8) is 0 Å². The first kappa shape index (κ1) is 25.8. The molecule has 1 fully saturated rings. The summed E-state index contributed by atoms with van der Waals surface area (Å²) in [7, 11) is 0. The zero-order chi connectivity index (χ0) is 27.7. The first-order valence-electron chi connectivity index (χ1n) is 12.9. The van der Waals surface area contributed by atoms with Crippen LogP contribution in [0.5, 0.6) is 0 Å². The summed E-state index contributed by atoms with van der Waals surface area (Å²) in [6, 6.07) is 18.3. The summed E-state index contributed by atoms with van der Waals surface area (Å²) in [5.74, 6) is -0.361. The number of rotatable bonds is 6. The molecule has 9 heteroatoms. The van der Waals surface area contributed by atoms with Gasteiger partial charge in [-0.2, -0.15) is 5.26 Å². The number of aryl methyl sites for hydroxylation is 1. The maximum atomic E-state index is 13.5. The maximum Gasteiger partial charge on any atom is 0.337 e. The van der Waals surface area contributed by atoms with Gasteiger partial charge in [0.25, 0.3) is 5.56 Å². The molecule has 0 spiro atoms. The van der Waals surface area contributed by atoms with E-state index in [4.69, 9.17) is 4.98 Å². The number of fused-ring (bicyclic) bond motifs is 1. The largest absolute Gasteiger partial charge is 0.478 e. The third kappa shape index (κ3) is 4.89. The molecule has 198 valence electrons. The lowest BCUT2D eigenvalue weighted by molar-refractivity contribution is 0.0698. The summed E-state index contributed by atoms with van der Waals surface area (Å²) in [6.45, 7) is 8.38. The highest BCUT2D eigenvalue weighted by Gasteiger charge is 2.24. The summed E-state index contributed by atoms with van der Waals surface area (Å²) in [5.41, 5.74) is 4.93. The summed E-state index contributed by atoms with van der Waals surface area (Å²) < 4.78 is 1.59. The van der Waals surface area contributed by atoms with E-state index in [0.29, 0.717) is 54.5 Å². The lowest BCUT2D eigenvalue weighted by Gasteiger charge is -2.37. The van der Waals surface area contributed by atoms with Crippen LogP contribution in [0.25, 0.3) is 5.65 Å². The molecule has 0 radical (unpaired) electrons. The predicted molar refractivity (Wildman–Crippen MR) is 152 cm³/mol. The Morgan fingerprint density at radius 2 is 1.72 bits per heavy atom. The number of pyridine rings is 1. The molecule has 0 bridgehead atoms. The Hall–Kier alpha value is -4.84. The number of carboxylic acid groups (broad SMARTS) is 1. The van der Waals surface area contributed by atoms with Crippen LogP contribution in [0.1, 0.15) is 45.6 Å². The van der Waals surface area contributed by atoms with Gasteiger partial charge in [-0.05, 0) is 56.7 Å². The van der Waals surface area contributed by atoms with Crippen LogP contribution in [-0.2, 0) is 0 Å². The van der Waals surface area contributed by atoms with Gasteiger partial charge in [0.1, 0.15) is 17.5 Å². The van der Waals surface area contributed by atoms with Crippen LogP contribution in [0.4, 0.5) is 17.2 Å². The quantitative estimate of drug-likeness (QED) is 0.384. The average Bonchev–Trinajstić information content (AvgIpc) is 2.95. The Kier molecular flexibility index (Phi) is 6.94. The van der Waals surface area contributed by atoms with E-state index in [9.17, 15) is 20.0 Å². The van der Waals surface area contributed by atoms with Gasteiger partial charge in [0.15, 0.2) is 0 Å². The maximum absolute atomic E-state index is 13.5. The lowest BCUT2D eigenvalue weighted by Crippen LogP contribution is -2.47. The van der Waals surface area contributed by atoms with Crippen molar-refractivity contribution in [1.29, 1.82) is 5.26 Å². The molecule has 1 aliphatic rings. The van der Waals surface area contributed by atoms with Crippen molar-refractivity contribution in [3.05, 3.63) is 99.0 Å². The fourth-order valence-electron chi connectivity index (χ4n) is 5.22. The van der Waals surface area contributed by atoms with Crippen LogP contribution in [0.2, 0.25) is 0 Å². The number of aromatic carboxylic acids is 1. The SMILES string of the molecule is Cc1cc(C(C)Nc2ccccc2C(=O)O)c2nc(N3CCN(c4ccccc4C#N)CC3)c(C)c(=O)n2c1. The molecule has 1 saturated heterocycles. The number of nitriles is 1. The zero-order valence-electron chi connectivity index (χ0n) is 22.2. The fourth-order valence-corrected chi connectivity index (χ4v) is 5.22. The van der Waals surface area contributed by atoms with Crippen molar-refractivity contribution >= 4 is 28.8 Å². The molecule has 9 nitrogen and oxygen atoms in total. The first-order chi connectivity index (χ1) is 18.8. The van der Waals surface area contributed by atoms with E-state index in [1.807, 2.05) is 44.2 Å². The standard InChI is InChI=1S/C30H30N6O3/c1-19-16-24(21(3)32-25-10-6-5-9-23(25)30(38)39)28-33-27(20(2)29(37)36(28)18-19)35-14-12-34(13-15-35)26-11-7-4-8-22(26)17-31/h4-11,16,18,21,32H,12-15H2,1-3H3,(H,38,39). The topological polar surface area (TPSA) is 114 Å². The van der Waals surface area contributed by atoms with E-state index in [0.717, 1.165) is 16.8 Å². The zero-order valence-corrected chi connectivity index (χ0v) is 22.2. The van der Waals surface area contributed by atoms with E-state index in [2.05, 4.69) is 21.2 Å². The third-order valence-corrected chi connectivity index (χ3v) is 7.23. The van der Waals surface area contributed by atoms with Crippen LogP contribution >= 0.6 is 0 Å². The molecule has 1 unspecified atom stereocenters. The van der Waals surface area contributed by atoms with Crippen molar-refractivity contribution in [1.82, 2.24) is 9.38 Å². The highest BCUT2D eigenvalue weighted by Crippen LogP contribution is 2.28. The number of aromatic nitrogens is 2. The Morgan fingerprint density at radius 1 is 1.05 bits per heavy atom. The molecule has 1 atom stereocenters. The van der Waals surface area contributed by atoms with Gasteiger partial charge in [-0.15, -0.1) is 0 Å². The summed E-state index contributed by atoms with van der Waals surface area (Å²) >= 11 is 0. The summed E-state index contributed by atoms with van der Waals surface area (Å²) in [6.07, 6.45) is 1.79. The minimum atomic E-state index is -1.01. The molecular weight excluding hydrogens is 492 g/mol. The Balaban J connectivity index is 1.49. The van der Waals surface area contributed by atoms with Crippen molar-refractivity contribution in [3.8, 4) is 6.07 Å². The van der Waals surface area contributed by atoms with Crippen LogP contribution < -0.4 is 20.7 Å². The highest BCUT2D eigenvalue weighted by molar-refractivity contribution is 5.94. The Morgan fingerprint density at radius 3 is 2.44 bits per heavy atom. The van der Waals surface area contributed by atoms with Gasteiger partial charge < -0.3 is 20.2 Å². The molecule has 0 aliphatic carbocycles. The molecule has 4 aromatic rings. The number of nitrogens with one attached hydrogen (secondary N) is 1. The number of anilines is 3. The van der Waals surface area contributed by atoms with Gasteiger partial charge in [0.05, 0.1) is 28.4 Å². The third-order valence-electron chi connectivity index (χ3n) is 7.23. The molecule has 0 amide bonds. The number of benzene rings is 2. The second-order valence-electron chi connectivity index (χ2n) is 9.85. The smallest absolute Gasteiger partial charge is 0.337 e. The summed E-state index contributed by atoms with van der Waals surface area (Å²) in [4.78, 5) is 34.6. The first-order valence-corrected chi connectivity index (χ1v) is 12.9. The second-order valence-corrected chi connectivity index (χ2v) is 9.85.